The van der Waals surface area contributed by atoms with Gasteiger partial charge in [0, 0.05) is 36.9 Å². The number of fused-ring (bicyclic) bond motifs is 1. The van der Waals surface area contributed by atoms with Gasteiger partial charge in [0.25, 0.3) is 0 Å². The van der Waals surface area contributed by atoms with Gasteiger partial charge in [-0.15, -0.1) is 0 Å². The molecule has 2 atom stereocenters. The Morgan fingerprint density at radius 3 is 2.44 bits per heavy atom. The van der Waals surface area contributed by atoms with E-state index in [4.69, 9.17) is 10.5 Å². The monoisotopic (exact) mass is 226 g/mol. The SMILES string of the molecule is CC(C)(N)CCC(=O)N1C[C@H]2COC[C@H]2C1. The van der Waals surface area contributed by atoms with Gasteiger partial charge in [-0.1, -0.05) is 0 Å². The van der Waals surface area contributed by atoms with Crippen molar-refractivity contribution < 1.29 is 9.53 Å². The maximum atomic E-state index is 12.0. The topological polar surface area (TPSA) is 55.6 Å². The number of likely N-dealkylation sites (tertiary alicyclic amines) is 1. The molecule has 2 N–H and O–H groups in total. The molecular weight excluding hydrogens is 204 g/mol. The van der Waals surface area contributed by atoms with Crippen molar-refractivity contribution in [1.82, 2.24) is 4.90 Å². The fourth-order valence-electron chi connectivity index (χ4n) is 2.48. The second kappa shape index (κ2) is 4.34. The molecule has 2 aliphatic heterocycles. The van der Waals surface area contributed by atoms with Crippen LogP contribution in [0.5, 0.6) is 0 Å². The van der Waals surface area contributed by atoms with Crippen molar-refractivity contribution in [3.8, 4) is 0 Å². The maximum absolute atomic E-state index is 12.0. The van der Waals surface area contributed by atoms with Crippen molar-refractivity contribution in [3.63, 3.8) is 0 Å². The lowest BCUT2D eigenvalue weighted by atomic mass is 10.00. The number of hydrogen-bond donors (Lipinski definition) is 1. The van der Waals surface area contributed by atoms with Gasteiger partial charge in [0.2, 0.25) is 5.91 Å². The molecule has 2 heterocycles. The quantitative estimate of drug-likeness (QED) is 0.767. The zero-order valence-corrected chi connectivity index (χ0v) is 10.2. The first-order chi connectivity index (χ1) is 7.46. The van der Waals surface area contributed by atoms with E-state index in [2.05, 4.69) is 0 Å². The lowest BCUT2D eigenvalue weighted by Crippen LogP contribution is -2.36. The first-order valence-electron chi connectivity index (χ1n) is 6.10. The minimum atomic E-state index is -0.242. The summed E-state index contributed by atoms with van der Waals surface area (Å²) in [4.78, 5) is 13.9. The summed E-state index contributed by atoms with van der Waals surface area (Å²) >= 11 is 0. The van der Waals surface area contributed by atoms with Crippen LogP contribution in [0.15, 0.2) is 0 Å². The van der Waals surface area contributed by atoms with Gasteiger partial charge in [0.05, 0.1) is 13.2 Å². The van der Waals surface area contributed by atoms with Crippen LogP contribution in [0.25, 0.3) is 0 Å². The van der Waals surface area contributed by atoms with Crippen LogP contribution in [0, 0.1) is 11.8 Å². The number of nitrogens with zero attached hydrogens (tertiary/aromatic N) is 1. The molecule has 4 nitrogen and oxygen atoms in total. The summed E-state index contributed by atoms with van der Waals surface area (Å²) in [5.74, 6) is 1.41. The highest BCUT2D eigenvalue weighted by molar-refractivity contribution is 5.76. The largest absolute Gasteiger partial charge is 0.381 e. The molecule has 0 saturated carbocycles. The van der Waals surface area contributed by atoms with E-state index in [-0.39, 0.29) is 11.4 Å². The van der Waals surface area contributed by atoms with Gasteiger partial charge in [-0.05, 0) is 20.3 Å². The molecule has 0 bridgehead atoms. The minimum Gasteiger partial charge on any atom is -0.381 e. The summed E-state index contributed by atoms with van der Waals surface area (Å²) in [6, 6.07) is 0. The molecule has 0 spiro atoms. The highest BCUT2D eigenvalue weighted by atomic mass is 16.5. The molecule has 16 heavy (non-hydrogen) atoms. The second-order valence-electron chi connectivity index (χ2n) is 5.84. The zero-order chi connectivity index (χ0) is 11.8. The molecule has 0 aromatic rings. The van der Waals surface area contributed by atoms with Crippen molar-refractivity contribution in [2.75, 3.05) is 26.3 Å². The third kappa shape index (κ3) is 2.74. The number of carbonyl (C=O) groups excluding carboxylic acids is 1. The van der Waals surface area contributed by atoms with Crippen LogP contribution in [-0.4, -0.2) is 42.6 Å². The van der Waals surface area contributed by atoms with Crippen LogP contribution in [0.1, 0.15) is 26.7 Å². The molecular formula is C12H22N2O2. The van der Waals surface area contributed by atoms with Crippen LogP contribution in [0.2, 0.25) is 0 Å². The number of ether oxygens (including phenoxy) is 1. The summed E-state index contributed by atoms with van der Waals surface area (Å²) in [6.07, 6.45) is 1.33. The van der Waals surface area contributed by atoms with E-state index in [1.54, 1.807) is 0 Å². The van der Waals surface area contributed by atoms with E-state index >= 15 is 0 Å². The predicted octanol–water partition coefficient (Wildman–Crippen LogP) is 0.609. The van der Waals surface area contributed by atoms with E-state index in [0.29, 0.717) is 18.3 Å². The number of nitrogens with two attached hydrogens (primary N) is 1. The Bertz CT molecular complexity index is 261. The molecule has 1 amide bonds. The molecule has 92 valence electrons. The Morgan fingerprint density at radius 2 is 1.94 bits per heavy atom. The molecule has 0 aromatic heterocycles. The average Bonchev–Trinajstić information content (AvgIpc) is 2.71. The highest BCUT2D eigenvalue weighted by Crippen LogP contribution is 2.29. The van der Waals surface area contributed by atoms with Crippen molar-refractivity contribution in [2.45, 2.75) is 32.2 Å². The Kier molecular flexibility index (Phi) is 3.22. The molecule has 2 saturated heterocycles. The minimum absolute atomic E-state index is 0.242. The highest BCUT2D eigenvalue weighted by Gasteiger charge is 2.38. The van der Waals surface area contributed by atoms with Crippen molar-refractivity contribution in [1.29, 1.82) is 0 Å². The van der Waals surface area contributed by atoms with Crippen LogP contribution >= 0.6 is 0 Å². The first kappa shape index (κ1) is 11.9. The molecule has 4 heteroatoms. The standard InChI is InChI=1S/C12H22N2O2/c1-12(2,13)4-3-11(15)14-5-9-7-16-8-10(9)6-14/h9-10H,3-8,13H2,1-2H3/t9-,10+. The third-order valence-electron chi connectivity index (χ3n) is 3.58. The summed E-state index contributed by atoms with van der Waals surface area (Å²) in [5.41, 5.74) is 5.64. The van der Waals surface area contributed by atoms with Crippen LogP contribution in [0.3, 0.4) is 0 Å². The van der Waals surface area contributed by atoms with Crippen molar-refractivity contribution in [2.24, 2.45) is 17.6 Å². The van der Waals surface area contributed by atoms with Gasteiger partial charge in [0.15, 0.2) is 0 Å². The summed E-state index contributed by atoms with van der Waals surface area (Å²) in [7, 11) is 0. The molecule has 2 aliphatic rings. The molecule has 0 unspecified atom stereocenters. The summed E-state index contributed by atoms with van der Waals surface area (Å²) < 4.78 is 5.40. The van der Waals surface area contributed by atoms with Crippen molar-refractivity contribution in [3.05, 3.63) is 0 Å². The molecule has 0 aromatic carbocycles. The van der Waals surface area contributed by atoms with Gasteiger partial charge in [-0.25, -0.2) is 0 Å². The van der Waals surface area contributed by atoms with E-state index in [1.807, 2.05) is 18.7 Å². The zero-order valence-electron chi connectivity index (χ0n) is 10.2. The van der Waals surface area contributed by atoms with Crippen LogP contribution in [-0.2, 0) is 9.53 Å². The van der Waals surface area contributed by atoms with E-state index in [9.17, 15) is 4.79 Å². The van der Waals surface area contributed by atoms with Crippen LogP contribution < -0.4 is 5.73 Å². The van der Waals surface area contributed by atoms with E-state index in [1.165, 1.54) is 0 Å². The smallest absolute Gasteiger partial charge is 0.222 e. The number of amides is 1. The van der Waals surface area contributed by atoms with Gasteiger partial charge < -0.3 is 15.4 Å². The Hall–Kier alpha value is -0.610. The lowest BCUT2D eigenvalue weighted by molar-refractivity contribution is -0.131. The van der Waals surface area contributed by atoms with Gasteiger partial charge in [0.1, 0.15) is 0 Å². The summed E-state index contributed by atoms with van der Waals surface area (Å²) in [5, 5.41) is 0. The number of carbonyl (C=O) groups is 1. The first-order valence-corrected chi connectivity index (χ1v) is 6.10. The fourth-order valence-corrected chi connectivity index (χ4v) is 2.48. The van der Waals surface area contributed by atoms with Gasteiger partial charge in [-0.3, -0.25) is 4.79 Å². The third-order valence-corrected chi connectivity index (χ3v) is 3.58. The predicted molar refractivity (Wildman–Crippen MR) is 61.9 cm³/mol. The Labute approximate surface area is 97.1 Å². The lowest BCUT2D eigenvalue weighted by Gasteiger charge is -2.21. The Balaban J connectivity index is 1.79. The molecule has 0 radical (unpaired) electrons. The van der Waals surface area contributed by atoms with E-state index < -0.39 is 0 Å². The fraction of sp³-hybridized carbons (Fsp3) is 0.917. The van der Waals surface area contributed by atoms with Gasteiger partial charge in [-0.2, -0.15) is 0 Å². The number of rotatable bonds is 3. The molecule has 2 rings (SSSR count). The Morgan fingerprint density at radius 1 is 1.38 bits per heavy atom. The normalized spacial score (nSPS) is 29.6. The molecule has 0 aliphatic carbocycles. The molecule has 2 fully saturated rings. The van der Waals surface area contributed by atoms with Crippen LogP contribution in [0.4, 0.5) is 0 Å². The second-order valence-corrected chi connectivity index (χ2v) is 5.84. The summed E-state index contributed by atoms with van der Waals surface area (Å²) in [6.45, 7) is 7.36. The van der Waals surface area contributed by atoms with E-state index in [0.717, 1.165) is 32.7 Å². The van der Waals surface area contributed by atoms with Gasteiger partial charge >= 0.3 is 0 Å². The maximum Gasteiger partial charge on any atom is 0.222 e. The van der Waals surface area contributed by atoms with Crippen molar-refractivity contribution >= 4 is 5.91 Å². The average molecular weight is 226 g/mol. The number of hydrogen-bond acceptors (Lipinski definition) is 3.